The minimum absolute atomic E-state index is 0.247. The van der Waals surface area contributed by atoms with Crippen molar-refractivity contribution in [1.29, 1.82) is 0 Å². The Morgan fingerprint density at radius 2 is 2.27 bits per heavy atom. The molecule has 1 aromatic rings. The summed E-state index contributed by atoms with van der Waals surface area (Å²) in [5.74, 6) is -0.00365. The van der Waals surface area contributed by atoms with Crippen molar-refractivity contribution in [3.05, 3.63) is 18.1 Å². The number of nitrogens with one attached hydrogen (secondary N) is 1. The van der Waals surface area contributed by atoms with Crippen LogP contribution in [0.3, 0.4) is 0 Å². The van der Waals surface area contributed by atoms with E-state index in [1.165, 1.54) is 12.4 Å². The van der Waals surface area contributed by atoms with Gasteiger partial charge in [0.1, 0.15) is 11.5 Å². The van der Waals surface area contributed by atoms with E-state index in [0.717, 1.165) is 0 Å². The van der Waals surface area contributed by atoms with Crippen molar-refractivity contribution in [1.82, 2.24) is 15.3 Å². The molecule has 1 amide bonds. The molecule has 0 spiro atoms. The molecular weight excluding hydrogens is 200 g/mol. The lowest BCUT2D eigenvalue weighted by atomic mass is 10.4. The average molecular weight is 212 g/mol. The topological polar surface area (TPSA) is 118 Å². The van der Waals surface area contributed by atoms with E-state index < -0.39 is 0 Å². The van der Waals surface area contributed by atoms with E-state index in [4.69, 9.17) is 15.6 Å². The summed E-state index contributed by atoms with van der Waals surface area (Å²) in [7, 11) is 0. The van der Waals surface area contributed by atoms with Gasteiger partial charge < -0.3 is 16.2 Å². The number of hydrogen-bond acceptors (Lipinski definition) is 5. The maximum atomic E-state index is 11.1. The van der Waals surface area contributed by atoms with Crippen LogP contribution in [0.15, 0.2) is 12.4 Å². The van der Waals surface area contributed by atoms with Gasteiger partial charge in [0.05, 0.1) is 12.4 Å². The predicted molar refractivity (Wildman–Crippen MR) is 53.1 cm³/mol. The molecule has 0 saturated heterocycles. The van der Waals surface area contributed by atoms with Crippen LogP contribution in [0.25, 0.3) is 0 Å². The maximum Gasteiger partial charge on any atom is 0.290 e. The summed E-state index contributed by atoms with van der Waals surface area (Å²) in [4.78, 5) is 27.0. The van der Waals surface area contributed by atoms with Gasteiger partial charge in [-0.2, -0.15) is 0 Å². The van der Waals surface area contributed by atoms with Gasteiger partial charge in [-0.1, -0.05) is 0 Å². The van der Waals surface area contributed by atoms with Crippen LogP contribution in [-0.2, 0) is 4.79 Å². The molecule has 4 N–H and O–H groups in total. The molecule has 15 heavy (non-hydrogen) atoms. The van der Waals surface area contributed by atoms with E-state index in [9.17, 15) is 4.79 Å². The Hall–Kier alpha value is -2.18. The number of nitrogens with zero attached hydrogens (tertiary/aromatic N) is 2. The van der Waals surface area contributed by atoms with Crippen LogP contribution in [0.5, 0.6) is 0 Å². The fourth-order valence-corrected chi connectivity index (χ4v) is 0.742. The SMILES string of the molecule is CCNC(=O)c1cncc(N)n1.O=CO. The number of hydrogen-bond donors (Lipinski definition) is 3. The second-order valence-corrected chi connectivity index (χ2v) is 2.29. The number of carboxylic acid groups (broad SMARTS) is 1. The lowest BCUT2D eigenvalue weighted by Gasteiger charge is -2.00. The van der Waals surface area contributed by atoms with Crippen LogP contribution < -0.4 is 11.1 Å². The highest BCUT2D eigenvalue weighted by molar-refractivity contribution is 5.92. The molecule has 1 rings (SSSR count). The zero-order valence-electron chi connectivity index (χ0n) is 8.17. The van der Waals surface area contributed by atoms with Crippen molar-refractivity contribution in [3.8, 4) is 0 Å². The van der Waals surface area contributed by atoms with Gasteiger partial charge in [0, 0.05) is 6.54 Å². The Bertz CT molecular complexity index is 329. The Kier molecular flexibility index (Phi) is 6.19. The summed E-state index contributed by atoms with van der Waals surface area (Å²) in [5, 5.41) is 9.48. The normalized spacial score (nSPS) is 8.33. The summed E-state index contributed by atoms with van der Waals surface area (Å²) in [5.41, 5.74) is 5.59. The average Bonchev–Trinajstić information content (AvgIpc) is 2.19. The molecule has 0 aliphatic carbocycles. The smallest absolute Gasteiger partial charge is 0.290 e. The van der Waals surface area contributed by atoms with Gasteiger partial charge in [-0.3, -0.25) is 14.6 Å². The van der Waals surface area contributed by atoms with Crippen LogP contribution in [0.1, 0.15) is 17.4 Å². The van der Waals surface area contributed by atoms with E-state index in [2.05, 4.69) is 15.3 Å². The zero-order chi connectivity index (χ0) is 11.7. The molecular formula is C8H12N4O3. The first-order valence-electron chi connectivity index (χ1n) is 4.09. The molecule has 82 valence electrons. The Labute approximate surface area is 86.3 Å². The van der Waals surface area contributed by atoms with Crippen molar-refractivity contribution in [2.75, 3.05) is 12.3 Å². The van der Waals surface area contributed by atoms with Gasteiger partial charge in [0.2, 0.25) is 0 Å². The van der Waals surface area contributed by atoms with Crippen LogP contribution in [-0.4, -0.2) is 34.0 Å². The molecule has 0 fully saturated rings. The number of rotatable bonds is 2. The summed E-state index contributed by atoms with van der Waals surface area (Å²) in [6.07, 6.45) is 2.77. The predicted octanol–water partition coefficient (Wildman–Crippen LogP) is -0.491. The van der Waals surface area contributed by atoms with E-state index >= 15 is 0 Å². The summed E-state index contributed by atoms with van der Waals surface area (Å²) < 4.78 is 0. The maximum absolute atomic E-state index is 11.1. The monoisotopic (exact) mass is 212 g/mol. The Balaban J connectivity index is 0.000000583. The molecule has 0 aromatic carbocycles. The minimum atomic E-state index is -0.252. The van der Waals surface area contributed by atoms with Gasteiger partial charge in [-0.05, 0) is 6.92 Å². The standard InChI is InChI=1S/C7H10N4O.CH2O2/c1-2-10-7(12)5-3-9-4-6(8)11-5;2-1-3/h3-4H,2H2,1H3,(H2,8,11)(H,10,12);1H,(H,2,3). The highest BCUT2D eigenvalue weighted by atomic mass is 16.3. The molecule has 0 aliphatic heterocycles. The third kappa shape index (κ3) is 5.19. The first kappa shape index (κ1) is 12.8. The highest BCUT2D eigenvalue weighted by Crippen LogP contribution is 1.96. The van der Waals surface area contributed by atoms with Crippen LogP contribution in [0, 0.1) is 0 Å². The highest BCUT2D eigenvalue weighted by Gasteiger charge is 2.05. The van der Waals surface area contributed by atoms with Crippen LogP contribution >= 0.6 is 0 Å². The number of nitrogens with two attached hydrogens (primary N) is 1. The second kappa shape index (κ2) is 7.25. The molecule has 0 aliphatic rings. The van der Waals surface area contributed by atoms with E-state index in [1.54, 1.807) is 0 Å². The van der Waals surface area contributed by atoms with Crippen molar-refractivity contribution in [2.45, 2.75) is 6.92 Å². The van der Waals surface area contributed by atoms with Crippen molar-refractivity contribution in [2.24, 2.45) is 0 Å². The Morgan fingerprint density at radius 1 is 1.67 bits per heavy atom. The lowest BCUT2D eigenvalue weighted by molar-refractivity contribution is -0.122. The molecule has 0 atom stereocenters. The van der Waals surface area contributed by atoms with Gasteiger partial charge >= 0.3 is 0 Å². The third-order valence-electron chi connectivity index (χ3n) is 1.22. The zero-order valence-corrected chi connectivity index (χ0v) is 8.17. The first-order valence-corrected chi connectivity index (χ1v) is 4.09. The quantitative estimate of drug-likeness (QED) is 0.569. The molecule has 1 heterocycles. The minimum Gasteiger partial charge on any atom is -0.483 e. The number of amides is 1. The number of carbonyl (C=O) groups is 2. The van der Waals surface area contributed by atoms with Gasteiger partial charge in [0.25, 0.3) is 12.4 Å². The molecule has 7 heteroatoms. The summed E-state index contributed by atoms with van der Waals surface area (Å²) in [6, 6.07) is 0. The molecule has 0 bridgehead atoms. The second-order valence-electron chi connectivity index (χ2n) is 2.29. The van der Waals surface area contributed by atoms with Crippen molar-refractivity contribution < 1.29 is 14.7 Å². The van der Waals surface area contributed by atoms with E-state index in [-0.39, 0.29) is 23.9 Å². The fourth-order valence-electron chi connectivity index (χ4n) is 0.742. The fraction of sp³-hybridized carbons (Fsp3) is 0.250. The number of anilines is 1. The molecule has 7 nitrogen and oxygen atoms in total. The van der Waals surface area contributed by atoms with Gasteiger partial charge in [-0.25, -0.2) is 4.98 Å². The summed E-state index contributed by atoms with van der Waals surface area (Å²) in [6.45, 7) is 2.15. The van der Waals surface area contributed by atoms with Crippen molar-refractivity contribution >= 4 is 18.2 Å². The number of nitrogen functional groups attached to an aromatic ring is 1. The molecule has 0 unspecified atom stereocenters. The Morgan fingerprint density at radius 3 is 2.73 bits per heavy atom. The summed E-state index contributed by atoms with van der Waals surface area (Å²) >= 11 is 0. The molecule has 0 saturated carbocycles. The van der Waals surface area contributed by atoms with E-state index in [1.807, 2.05) is 6.92 Å². The van der Waals surface area contributed by atoms with Crippen LogP contribution in [0.2, 0.25) is 0 Å². The lowest BCUT2D eigenvalue weighted by Crippen LogP contribution is -2.24. The molecule has 1 aromatic heterocycles. The van der Waals surface area contributed by atoms with Gasteiger partial charge in [0.15, 0.2) is 0 Å². The first-order chi connectivity index (χ1) is 7.15. The largest absolute Gasteiger partial charge is 0.483 e. The van der Waals surface area contributed by atoms with Crippen molar-refractivity contribution in [3.63, 3.8) is 0 Å². The van der Waals surface area contributed by atoms with Crippen LogP contribution in [0.4, 0.5) is 5.82 Å². The number of carbonyl (C=O) groups excluding carboxylic acids is 1. The number of aromatic nitrogens is 2. The van der Waals surface area contributed by atoms with Gasteiger partial charge in [-0.15, -0.1) is 0 Å². The third-order valence-corrected chi connectivity index (χ3v) is 1.22. The molecule has 0 radical (unpaired) electrons. The van der Waals surface area contributed by atoms with E-state index in [0.29, 0.717) is 6.54 Å².